The average molecular weight is 273 g/mol. The summed E-state index contributed by atoms with van der Waals surface area (Å²) in [5.41, 5.74) is 1.09. The third kappa shape index (κ3) is 4.70. The van der Waals surface area contributed by atoms with Gasteiger partial charge in [-0.3, -0.25) is 4.68 Å². The number of nitrogens with zero attached hydrogens (tertiary/aromatic N) is 2. The van der Waals surface area contributed by atoms with Crippen LogP contribution in [0.25, 0.3) is 0 Å². The van der Waals surface area contributed by atoms with Crippen molar-refractivity contribution in [3.05, 3.63) is 48.3 Å². The molecule has 1 N–H and O–H groups in total. The zero-order chi connectivity index (χ0) is 14.2. The van der Waals surface area contributed by atoms with Crippen molar-refractivity contribution in [2.24, 2.45) is 0 Å². The molecule has 1 aromatic heterocycles. The van der Waals surface area contributed by atoms with Crippen molar-refractivity contribution in [3.63, 3.8) is 0 Å². The van der Waals surface area contributed by atoms with Crippen LogP contribution in [0.5, 0.6) is 5.75 Å². The topological polar surface area (TPSA) is 39.1 Å². The molecule has 0 bridgehead atoms. The van der Waals surface area contributed by atoms with Crippen molar-refractivity contribution >= 4 is 0 Å². The second-order valence-electron chi connectivity index (χ2n) is 5.07. The van der Waals surface area contributed by atoms with E-state index in [2.05, 4.69) is 30.3 Å². The monoisotopic (exact) mass is 273 g/mol. The molecule has 2 aromatic rings. The Morgan fingerprint density at radius 2 is 2.00 bits per heavy atom. The lowest BCUT2D eigenvalue weighted by Gasteiger charge is -2.06. The second kappa shape index (κ2) is 7.70. The third-order valence-electron chi connectivity index (χ3n) is 3.01. The Balaban J connectivity index is 1.57. The van der Waals surface area contributed by atoms with Crippen LogP contribution in [0.4, 0.5) is 0 Å². The molecule has 4 nitrogen and oxygen atoms in total. The van der Waals surface area contributed by atoms with Gasteiger partial charge in [-0.15, -0.1) is 0 Å². The van der Waals surface area contributed by atoms with E-state index in [1.54, 1.807) is 0 Å². The van der Waals surface area contributed by atoms with Crippen molar-refractivity contribution in [3.8, 4) is 5.75 Å². The first kappa shape index (κ1) is 14.6. The highest BCUT2D eigenvalue weighted by Crippen LogP contribution is 2.08. The molecule has 0 amide bonds. The van der Waals surface area contributed by atoms with E-state index in [0.717, 1.165) is 37.6 Å². The van der Waals surface area contributed by atoms with Gasteiger partial charge in [-0.2, -0.15) is 5.10 Å². The van der Waals surface area contributed by atoms with Crippen LogP contribution in [0, 0.1) is 0 Å². The van der Waals surface area contributed by atoms with Crippen LogP contribution >= 0.6 is 0 Å². The van der Waals surface area contributed by atoms with Crippen molar-refractivity contribution in [2.75, 3.05) is 13.2 Å². The molecule has 0 saturated heterocycles. The molecule has 0 fully saturated rings. The van der Waals surface area contributed by atoms with Crippen molar-refractivity contribution in [1.82, 2.24) is 15.1 Å². The van der Waals surface area contributed by atoms with Gasteiger partial charge >= 0.3 is 0 Å². The van der Waals surface area contributed by atoms with E-state index in [4.69, 9.17) is 4.74 Å². The van der Waals surface area contributed by atoms with Crippen LogP contribution in [-0.2, 0) is 6.54 Å². The van der Waals surface area contributed by atoms with Crippen LogP contribution < -0.4 is 10.1 Å². The number of rotatable bonds is 8. The zero-order valence-electron chi connectivity index (χ0n) is 12.2. The number of hydrogen-bond donors (Lipinski definition) is 1. The summed E-state index contributed by atoms with van der Waals surface area (Å²) in [5.74, 6) is 0.933. The summed E-state index contributed by atoms with van der Waals surface area (Å²) in [5, 5.41) is 7.88. The lowest BCUT2D eigenvalue weighted by Crippen LogP contribution is -2.17. The number of aromatic nitrogens is 2. The molecule has 108 valence electrons. The van der Waals surface area contributed by atoms with Gasteiger partial charge in [0.15, 0.2) is 0 Å². The lowest BCUT2D eigenvalue weighted by molar-refractivity contribution is 0.308. The average Bonchev–Trinajstić information content (AvgIpc) is 2.93. The summed E-state index contributed by atoms with van der Waals surface area (Å²) in [4.78, 5) is 0. The third-order valence-corrected chi connectivity index (χ3v) is 3.01. The first-order valence-corrected chi connectivity index (χ1v) is 7.18. The molecule has 0 atom stereocenters. The van der Waals surface area contributed by atoms with E-state index < -0.39 is 0 Å². The van der Waals surface area contributed by atoms with Gasteiger partial charge in [0.25, 0.3) is 0 Å². The number of hydrogen-bond acceptors (Lipinski definition) is 3. The van der Waals surface area contributed by atoms with E-state index in [9.17, 15) is 0 Å². The van der Waals surface area contributed by atoms with Crippen LogP contribution in [-0.4, -0.2) is 22.9 Å². The Kier molecular flexibility index (Phi) is 5.62. The van der Waals surface area contributed by atoms with Crippen molar-refractivity contribution in [1.29, 1.82) is 0 Å². The van der Waals surface area contributed by atoms with Crippen LogP contribution in [0.15, 0.2) is 42.6 Å². The van der Waals surface area contributed by atoms with Gasteiger partial charge in [0.2, 0.25) is 0 Å². The maximum absolute atomic E-state index is 5.63. The Bertz CT molecular complexity index is 493. The summed E-state index contributed by atoms with van der Waals surface area (Å²) in [6.45, 7) is 6.74. The first-order valence-electron chi connectivity index (χ1n) is 7.18. The van der Waals surface area contributed by atoms with E-state index in [0.29, 0.717) is 6.04 Å². The Morgan fingerprint density at radius 1 is 1.20 bits per heavy atom. The molecule has 2 rings (SSSR count). The standard InChI is InChI=1S/C16H23N3O/c1-14(2)19-11-9-15(18-19)13-17-10-6-12-20-16-7-4-3-5-8-16/h3-5,7-9,11,14,17H,6,10,12-13H2,1-2H3. The fourth-order valence-electron chi connectivity index (χ4n) is 1.88. The SMILES string of the molecule is CC(C)n1ccc(CNCCCOc2ccccc2)n1. The van der Waals surface area contributed by atoms with E-state index in [-0.39, 0.29) is 0 Å². The Hall–Kier alpha value is -1.81. The zero-order valence-corrected chi connectivity index (χ0v) is 12.2. The van der Waals surface area contributed by atoms with Gasteiger partial charge in [0, 0.05) is 18.8 Å². The van der Waals surface area contributed by atoms with Gasteiger partial charge in [0.05, 0.1) is 12.3 Å². The maximum atomic E-state index is 5.63. The van der Waals surface area contributed by atoms with Gasteiger partial charge < -0.3 is 10.1 Å². The van der Waals surface area contributed by atoms with Gasteiger partial charge in [0.1, 0.15) is 5.75 Å². The molecule has 0 spiro atoms. The molecule has 20 heavy (non-hydrogen) atoms. The highest BCUT2D eigenvalue weighted by molar-refractivity contribution is 5.20. The number of para-hydroxylation sites is 1. The van der Waals surface area contributed by atoms with Crippen molar-refractivity contribution < 1.29 is 4.74 Å². The number of benzene rings is 1. The first-order chi connectivity index (χ1) is 9.75. The number of ether oxygens (including phenoxy) is 1. The normalized spacial score (nSPS) is 10.9. The molecular weight excluding hydrogens is 250 g/mol. The highest BCUT2D eigenvalue weighted by atomic mass is 16.5. The Labute approximate surface area is 120 Å². The molecule has 0 aliphatic carbocycles. The number of nitrogens with one attached hydrogen (secondary N) is 1. The fraction of sp³-hybridized carbons (Fsp3) is 0.438. The second-order valence-corrected chi connectivity index (χ2v) is 5.07. The van der Waals surface area contributed by atoms with Gasteiger partial charge in [-0.25, -0.2) is 0 Å². The summed E-state index contributed by atoms with van der Waals surface area (Å²) < 4.78 is 7.62. The quantitative estimate of drug-likeness (QED) is 0.751. The lowest BCUT2D eigenvalue weighted by atomic mass is 10.3. The summed E-state index contributed by atoms with van der Waals surface area (Å²) in [6.07, 6.45) is 3.01. The van der Waals surface area contributed by atoms with Crippen molar-refractivity contribution in [2.45, 2.75) is 32.9 Å². The van der Waals surface area contributed by atoms with Crippen LogP contribution in [0.3, 0.4) is 0 Å². The van der Waals surface area contributed by atoms with E-state index in [1.165, 1.54) is 0 Å². The minimum Gasteiger partial charge on any atom is -0.494 e. The van der Waals surface area contributed by atoms with E-state index >= 15 is 0 Å². The summed E-state index contributed by atoms with van der Waals surface area (Å²) >= 11 is 0. The smallest absolute Gasteiger partial charge is 0.119 e. The molecule has 4 heteroatoms. The van der Waals surface area contributed by atoms with Gasteiger partial charge in [-0.1, -0.05) is 18.2 Å². The largest absolute Gasteiger partial charge is 0.494 e. The minimum absolute atomic E-state index is 0.419. The molecule has 1 aromatic carbocycles. The fourth-order valence-corrected chi connectivity index (χ4v) is 1.88. The molecule has 1 heterocycles. The molecule has 0 radical (unpaired) electrons. The Morgan fingerprint density at radius 3 is 2.70 bits per heavy atom. The molecule has 0 aliphatic rings. The summed E-state index contributed by atoms with van der Waals surface area (Å²) in [6, 6.07) is 12.4. The minimum atomic E-state index is 0.419. The maximum Gasteiger partial charge on any atom is 0.119 e. The highest BCUT2D eigenvalue weighted by Gasteiger charge is 2.01. The predicted molar refractivity (Wildman–Crippen MR) is 80.9 cm³/mol. The molecule has 0 unspecified atom stereocenters. The molecule has 0 aliphatic heterocycles. The predicted octanol–water partition coefficient (Wildman–Crippen LogP) is 3.02. The van der Waals surface area contributed by atoms with Crippen LogP contribution in [0.1, 0.15) is 32.0 Å². The van der Waals surface area contributed by atoms with Gasteiger partial charge in [-0.05, 0) is 45.0 Å². The molecular formula is C16H23N3O. The molecule has 0 saturated carbocycles. The summed E-state index contributed by atoms with van der Waals surface area (Å²) in [7, 11) is 0. The van der Waals surface area contributed by atoms with Crippen LogP contribution in [0.2, 0.25) is 0 Å². The van der Waals surface area contributed by atoms with E-state index in [1.807, 2.05) is 41.2 Å².